The smallest absolute Gasteiger partial charge is 0.227 e. The number of aliphatic hydroxyl groups excluding tert-OH is 1. The SMILES string of the molecule is C#CCOCC(O)CN(Cc1c(C)nn(-c2ccccc2)c1Oc1ccc(F)cc1F)C1CC1. The normalized spacial score (nSPS) is 14.2. The molecular formula is C26H27F2N3O3. The summed E-state index contributed by atoms with van der Waals surface area (Å²) in [6.45, 7) is 2.97. The molecule has 2 aromatic carbocycles. The van der Waals surface area contributed by atoms with Crippen molar-refractivity contribution in [2.75, 3.05) is 19.8 Å². The van der Waals surface area contributed by atoms with E-state index < -0.39 is 17.7 Å². The summed E-state index contributed by atoms with van der Waals surface area (Å²) in [5.74, 6) is 1.15. The van der Waals surface area contributed by atoms with E-state index in [1.54, 1.807) is 4.68 Å². The molecule has 1 unspecified atom stereocenters. The van der Waals surface area contributed by atoms with E-state index in [9.17, 15) is 13.9 Å². The predicted molar refractivity (Wildman–Crippen MR) is 124 cm³/mol. The number of hydrogen-bond acceptors (Lipinski definition) is 5. The zero-order valence-electron chi connectivity index (χ0n) is 19.0. The van der Waals surface area contributed by atoms with Gasteiger partial charge in [0.05, 0.1) is 29.7 Å². The average Bonchev–Trinajstić information content (AvgIpc) is 3.62. The van der Waals surface area contributed by atoms with Gasteiger partial charge in [-0.2, -0.15) is 5.10 Å². The van der Waals surface area contributed by atoms with Crippen LogP contribution in [-0.2, 0) is 11.3 Å². The summed E-state index contributed by atoms with van der Waals surface area (Å²) < 4.78 is 40.8. The minimum absolute atomic E-state index is 0.0968. The molecule has 34 heavy (non-hydrogen) atoms. The van der Waals surface area contributed by atoms with E-state index in [1.807, 2.05) is 37.3 Å². The first-order chi connectivity index (χ1) is 16.5. The average molecular weight is 468 g/mol. The molecule has 1 atom stereocenters. The Labute approximate surface area is 197 Å². The molecule has 1 aliphatic carbocycles. The first-order valence-corrected chi connectivity index (χ1v) is 11.2. The van der Waals surface area contributed by atoms with Crippen LogP contribution in [0.4, 0.5) is 8.78 Å². The summed E-state index contributed by atoms with van der Waals surface area (Å²) in [6.07, 6.45) is 6.53. The molecule has 0 amide bonds. The molecule has 1 aliphatic rings. The van der Waals surface area contributed by atoms with Crippen LogP contribution in [-0.4, -0.2) is 51.7 Å². The maximum absolute atomic E-state index is 14.5. The van der Waals surface area contributed by atoms with Crippen molar-refractivity contribution in [2.45, 2.75) is 38.5 Å². The van der Waals surface area contributed by atoms with E-state index >= 15 is 0 Å². The minimum Gasteiger partial charge on any atom is -0.435 e. The third-order valence-electron chi connectivity index (χ3n) is 5.60. The quantitative estimate of drug-likeness (QED) is 0.338. The first kappa shape index (κ1) is 23.9. The van der Waals surface area contributed by atoms with Gasteiger partial charge >= 0.3 is 0 Å². The van der Waals surface area contributed by atoms with Gasteiger partial charge in [-0.25, -0.2) is 13.5 Å². The minimum atomic E-state index is -0.801. The van der Waals surface area contributed by atoms with E-state index in [1.165, 1.54) is 6.07 Å². The van der Waals surface area contributed by atoms with E-state index in [-0.39, 0.29) is 19.0 Å². The van der Waals surface area contributed by atoms with Gasteiger partial charge in [0, 0.05) is 25.2 Å². The summed E-state index contributed by atoms with van der Waals surface area (Å²) in [7, 11) is 0. The molecule has 4 rings (SSSR count). The van der Waals surface area contributed by atoms with Crippen LogP contribution in [0, 0.1) is 30.9 Å². The van der Waals surface area contributed by atoms with Crippen molar-refractivity contribution in [1.29, 1.82) is 0 Å². The Kier molecular flexibility index (Phi) is 7.58. The van der Waals surface area contributed by atoms with Gasteiger partial charge in [0.25, 0.3) is 0 Å². The fraction of sp³-hybridized carbons (Fsp3) is 0.346. The molecule has 1 heterocycles. The van der Waals surface area contributed by atoms with Gasteiger partial charge < -0.3 is 14.6 Å². The summed E-state index contributed by atoms with van der Waals surface area (Å²) in [6, 6.07) is 12.9. The molecule has 1 aromatic heterocycles. The second-order valence-corrected chi connectivity index (χ2v) is 8.33. The summed E-state index contributed by atoms with van der Waals surface area (Å²) >= 11 is 0. The topological polar surface area (TPSA) is 59.8 Å². The number of aliphatic hydroxyl groups is 1. The van der Waals surface area contributed by atoms with Gasteiger partial charge in [-0.05, 0) is 44.0 Å². The van der Waals surface area contributed by atoms with Gasteiger partial charge in [-0.15, -0.1) is 6.42 Å². The molecular weight excluding hydrogens is 440 g/mol. The van der Waals surface area contributed by atoms with Crippen LogP contribution >= 0.6 is 0 Å². The van der Waals surface area contributed by atoms with Crippen molar-refractivity contribution >= 4 is 0 Å². The molecule has 0 aliphatic heterocycles. The second kappa shape index (κ2) is 10.8. The molecule has 8 heteroatoms. The van der Waals surface area contributed by atoms with Crippen LogP contribution in [0.2, 0.25) is 0 Å². The lowest BCUT2D eigenvalue weighted by Crippen LogP contribution is -2.36. The standard InChI is InChI=1S/C26H27F2N3O3/c1-3-13-33-17-22(32)15-30(20-10-11-20)16-23-18(2)29-31(21-7-5-4-6-8-21)26(23)34-25-12-9-19(27)14-24(25)28/h1,4-9,12,14,20,22,32H,10-11,13,15-17H2,2H3. The van der Waals surface area contributed by atoms with Gasteiger partial charge in [0.15, 0.2) is 11.6 Å². The fourth-order valence-corrected chi connectivity index (χ4v) is 3.79. The predicted octanol–water partition coefficient (Wildman–Crippen LogP) is 4.23. The number of halogens is 2. The number of aromatic nitrogens is 2. The molecule has 6 nitrogen and oxygen atoms in total. The van der Waals surface area contributed by atoms with Crippen molar-refractivity contribution in [3.63, 3.8) is 0 Å². The van der Waals surface area contributed by atoms with Gasteiger partial charge in [0.2, 0.25) is 5.88 Å². The van der Waals surface area contributed by atoms with Crippen LogP contribution < -0.4 is 4.74 Å². The first-order valence-electron chi connectivity index (χ1n) is 11.2. The zero-order valence-corrected chi connectivity index (χ0v) is 19.0. The highest BCUT2D eigenvalue weighted by Gasteiger charge is 2.32. The molecule has 178 valence electrons. The number of terminal acetylenes is 1. The Hall–Kier alpha value is -3.25. The number of benzene rings is 2. The van der Waals surface area contributed by atoms with E-state index in [4.69, 9.17) is 15.9 Å². The van der Waals surface area contributed by atoms with Gasteiger partial charge in [-0.1, -0.05) is 24.1 Å². The molecule has 0 radical (unpaired) electrons. The second-order valence-electron chi connectivity index (χ2n) is 8.33. The van der Waals surface area contributed by atoms with Crippen molar-refractivity contribution in [3.8, 4) is 29.7 Å². The number of ether oxygens (including phenoxy) is 2. The summed E-state index contributed by atoms with van der Waals surface area (Å²) in [5.41, 5.74) is 2.22. The lowest BCUT2D eigenvalue weighted by Gasteiger charge is -2.25. The van der Waals surface area contributed by atoms with Crippen molar-refractivity contribution < 1.29 is 23.4 Å². The van der Waals surface area contributed by atoms with Crippen molar-refractivity contribution in [1.82, 2.24) is 14.7 Å². The maximum atomic E-state index is 14.5. The molecule has 1 saturated carbocycles. The lowest BCUT2D eigenvalue weighted by atomic mass is 10.2. The van der Waals surface area contributed by atoms with E-state index in [2.05, 4.69) is 15.9 Å². The van der Waals surface area contributed by atoms with Gasteiger partial charge in [-0.3, -0.25) is 4.90 Å². The van der Waals surface area contributed by atoms with Gasteiger partial charge in [0.1, 0.15) is 12.4 Å². The zero-order chi connectivity index (χ0) is 24.1. The third-order valence-corrected chi connectivity index (χ3v) is 5.60. The Morgan fingerprint density at radius 2 is 2.00 bits per heavy atom. The van der Waals surface area contributed by atoms with E-state index in [0.29, 0.717) is 30.7 Å². The highest BCUT2D eigenvalue weighted by Crippen LogP contribution is 2.35. The number of rotatable bonds is 11. The Morgan fingerprint density at radius 1 is 1.24 bits per heavy atom. The van der Waals surface area contributed by atoms with E-state index in [0.717, 1.165) is 36.2 Å². The Bertz CT molecular complexity index is 1160. The number of para-hydroxylation sites is 1. The monoisotopic (exact) mass is 467 g/mol. The third kappa shape index (κ3) is 5.81. The summed E-state index contributed by atoms with van der Waals surface area (Å²) in [4.78, 5) is 2.15. The molecule has 0 spiro atoms. The van der Waals surface area contributed by atoms with Crippen molar-refractivity contribution in [2.24, 2.45) is 0 Å². The van der Waals surface area contributed by atoms with Crippen LogP contribution in [0.15, 0.2) is 48.5 Å². The number of hydrogen-bond donors (Lipinski definition) is 1. The number of nitrogens with zero attached hydrogens (tertiary/aromatic N) is 3. The van der Waals surface area contributed by atoms with Crippen LogP contribution in [0.5, 0.6) is 11.6 Å². The van der Waals surface area contributed by atoms with Crippen LogP contribution in [0.1, 0.15) is 24.1 Å². The van der Waals surface area contributed by atoms with Crippen LogP contribution in [0.25, 0.3) is 5.69 Å². The highest BCUT2D eigenvalue weighted by molar-refractivity contribution is 5.43. The molecule has 0 bridgehead atoms. The molecule has 1 N–H and O–H groups in total. The molecule has 0 saturated heterocycles. The Morgan fingerprint density at radius 3 is 2.68 bits per heavy atom. The Balaban J connectivity index is 1.65. The summed E-state index contributed by atoms with van der Waals surface area (Å²) in [5, 5.41) is 15.1. The molecule has 1 fully saturated rings. The lowest BCUT2D eigenvalue weighted by molar-refractivity contribution is 0.0240. The fourth-order valence-electron chi connectivity index (χ4n) is 3.79. The molecule has 3 aromatic rings. The largest absolute Gasteiger partial charge is 0.435 e. The highest BCUT2D eigenvalue weighted by atomic mass is 19.1. The van der Waals surface area contributed by atoms with Crippen molar-refractivity contribution in [3.05, 3.63) is 71.4 Å². The maximum Gasteiger partial charge on any atom is 0.227 e. The van der Waals surface area contributed by atoms with Crippen LogP contribution in [0.3, 0.4) is 0 Å². The number of aryl methyl sites for hydroxylation is 1.